The molecule has 0 saturated heterocycles. The molecule has 0 radical (unpaired) electrons. The van der Waals surface area contributed by atoms with Gasteiger partial charge in [0.15, 0.2) is 0 Å². The lowest BCUT2D eigenvalue weighted by Crippen LogP contribution is -2.06. The third kappa shape index (κ3) is 3.69. The van der Waals surface area contributed by atoms with Gasteiger partial charge in [-0.25, -0.2) is 9.97 Å². The molecule has 0 saturated carbocycles. The molecule has 1 heterocycles. The lowest BCUT2D eigenvalue weighted by atomic mass is 10.1. The minimum atomic E-state index is 0.230. The van der Waals surface area contributed by atoms with Crippen LogP contribution in [0, 0.1) is 25.2 Å². The van der Waals surface area contributed by atoms with Crippen molar-refractivity contribution in [3.05, 3.63) is 47.3 Å². The van der Waals surface area contributed by atoms with Crippen molar-refractivity contribution in [3.63, 3.8) is 0 Å². The number of benzene rings is 1. The van der Waals surface area contributed by atoms with Gasteiger partial charge in [-0.05, 0) is 25.0 Å². The van der Waals surface area contributed by atoms with Gasteiger partial charge in [0.25, 0.3) is 0 Å². The molecule has 0 unspecified atom stereocenters. The molecule has 2 N–H and O–H groups in total. The predicted octanol–water partition coefficient (Wildman–Crippen LogP) is 2.64. The molecule has 5 heteroatoms. The number of nitrogens with one attached hydrogen (secondary N) is 2. The van der Waals surface area contributed by atoms with E-state index in [4.69, 9.17) is 5.26 Å². The topological polar surface area (TPSA) is 73.6 Å². The van der Waals surface area contributed by atoms with Crippen molar-refractivity contribution in [2.24, 2.45) is 0 Å². The van der Waals surface area contributed by atoms with Crippen molar-refractivity contribution in [2.75, 3.05) is 17.2 Å². The summed E-state index contributed by atoms with van der Waals surface area (Å²) < 4.78 is 0. The highest BCUT2D eigenvalue weighted by Gasteiger charge is 2.01. The van der Waals surface area contributed by atoms with Crippen LogP contribution in [0.25, 0.3) is 0 Å². The molecule has 102 valence electrons. The van der Waals surface area contributed by atoms with E-state index in [0.717, 1.165) is 5.82 Å². The molecule has 0 aliphatic carbocycles. The average molecular weight is 267 g/mol. The SMILES string of the molecule is Cc1ccc(C)c(CNc2cc(NCC#N)ncn2)c1. The summed E-state index contributed by atoms with van der Waals surface area (Å²) >= 11 is 0. The Morgan fingerprint density at radius 1 is 1.10 bits per heavy atom. The smallest absolute Gasteiger partial charge is 0.132 e. The molecular weight excluding hydrogens is 250 g/mol. The molecule has 2 rings (SSSR count). The molecule has 5 nitrogen and oxygen atoms in total. The van der Waals surface area contributed by atoms with Crippen LogP contribution in [0.15, 0.2) is 30.6 Å². The maximum atomic E-state index is 8.53. The standard InChI is InChI=1S/C15H17N5/c1-11-3-4-12(2)13(7-11)9-18-15-8-14(17-6-5-16)19-10-20-15/h3-4,7-8,10H,6,9H2,1-2H3,(H2,17,18,19,20). The fraction of sp³-hybridized carbons (Fsp3) is 0.267. The summed E-state index contributed by atoms with van der Waals surface area (Å²) in [5.74, 6) is 1.38. The van der Waals surface area contributed by atoms with E-state index < -0.39 is 0 Å². The van der Waals surface area contributed by atoms with Gasteiger partial charge in [-0.2, -0.15) is 5.26 Å². The van der Waals surface area contributed by atoms with Crippen molar-refractivity contribution in [3.8, 4) is 6.07 Å². The van der Waals surface area contributed by atoms with Crippen molar-refractivity contribution in [1.29, 1.82) is 5.26 Å². The molecule has 20 heavy (non-hydrogen) atoms. The Bertz CT molecular complexity index is 630. The van der Waals surface area contributed by atoms with E-state index in [0.29, 0.717) is 12.4 Å². The second-order valence-electron chi connectivity index (χ2n) is 4.58. The zero-order chi connectivity index (χ0) is 14.4. The fourth-order valence-electron chi connectivity index (χ4n) is 1.86. The van der Waals surface area contributed by atoms with Crippen LogP contribution in [0.4, 0.5) is 11.6 Å². The fourth-order valence-corrected chi connectivity index (χ4v) is 1.86. The molecule has 0 amide bonds. The Balaban J connectivity index is 2.03. The quantitative estimate of drug-likeness (QED) is 0.815. The van der Waals surface area contributed by atoms with Gasteiger partial charge in [0.1, 0.15) is 24.5 Å². The normalized spacial score (nSPS) is 9.85. The van der Waals surface area contributed by atoms with Crippen LogP contribution >= 0.6 is 0 Å². The van der Waals surface area contributed by atoms with Crippen molar-refractivity contribution in [1.82, 2.24) is 9.97 Å². The molecule has 2 aromatic rings. The summed E-state index contributed by atoms with van der Waals surface area (Å²) in [6, 6.07) is 10.2. The highest BCUT2D eigenvalue weighted by Crippen LogP contribution is 2.14. The summed E-state index contributed by atoms with van der Waals surface area (Å²) in [6.07, 6.45) is 1.48. The zero-order valence-electron chi connectivity index (χ0n) is 11.6. The monoisotopic (exact) mass is 267 g/mol. The highest BCUT2D eigenvalue weighted by molar-refractivity contribution is 5.47. The van der Waals surface area contributed by atoms with E-state index in [9.17, 15) is 0 Å². The number of hydrogen-bond donors (Lipinski definition) is 2. The van der Waals surface area contributed by atoms with Gasteiger partial charge in [-0.1, -0.05) is 23.8 Å². The largest absolute Gasteiger partial charge is 0.366 e. The summed E-state index contributed by atoms with van der Waals surface area (Å²) in [5.41, 5.74) is 3.74. The number of nitrogens with zero attached hydrogens (tertiary/aromatic N) is 3. The van der Waals surface area contributed by atoms with Crippen molar-refractivity contribution in [2.45, 2.75) is 20.4 Å². The number of hydrogen-bond acceptors (Lipinski definition) is 5. The zero-order valence-corrected chi connectivity index (χ0v) is 11.6. The second-order valence-corrected chi connectivity index (χ2v) is 4.58. The molecule has 0 atom stereocenters. The van der Waals surface area contributed by atoms with E-state index in [2.05, 4.69) is 52.6 Å². The molecule has 0 bridgehead atoms. The van der Waals surface area contributed by atoms with Crippen LogP contribution in [0.5, 0.6) is 0 Å². The third-order valence-corrected chi connectivity index (χ3v) is 2.98. The predicted molar refractivity (Wildman–Crippen MR) is 79.4 cm³/mol. The minimum Gasteiger partial charge on any atom is -0.366 e. The van der Waals surface area contributed by atoms with Gasteiger partial charge in [-0.15, -0.1) is 0 Å². The number of aromatic nitrogens is 2. The second kappa shape index (κ2) is 6.53. The van der Waals surface area contributed by atoms with Gasteiger partial charge >= 0.3 is 0 Å². The van der Waals surface area contributed by atoms with Crippen LogP contribution in [-0.4, -0.2) is 16.5 Å². The number of aryl methyl sites for hydroxylation is 2. The van der Waals surface area contributed by atoms with Gasteiger partial charge in [0.2, 0.25) is 0 Å². The van der Waals surface area contributed by atoms with Crippen LogP contribution < -0.4 is 10.6 Å². The lowest BCUT2D eigenvalue weighted by molar-refractivity contribution is 1.06. The maximum Gasteiger partial charge on any atom is 0.132 e. The molecular formula is C15H17N5. The molecule has 0 spiro atoms. The maximum absolute atomic E-state index is 8.53. The Morgan fingerprint density at radius 3 is 2.60 bits per heavy atom. The van der Waals surface area contributed by atoms with E-state index in [1.165, 1.54) is 23.0 Å². The van der Waals surface area contributed by atoms with E-state index >= 15 is 0 Å². The molecule has 1 aromatic carbocycles. The van der Waals surface area contributed by atoms with Crippen LogP contribution in [-0.2, 0) is 6.54 Å². The average Bonchev–Trinajstić information content (AvgIpc) is 2.46. The molecule has 0 aliphatic rings. The highest BCUT2D eigenvalue weighted by atomic mass is 15.1. The first kappa shape index (κ1) is 13.8. The van der Waals surface area contributed by atoms with Gasteiger partial charge in [0.05, 0.1) is 6.07 Å². The number of nitriles is 1. The summed E-state index contributed by atoms with van der Waals surface area (Å²) in [6.45, 7) is 5.11. The van der Waals surface area contributed by atoms with Gasteiger partial charge in [0, 0.05) is 12.6 Å². The summed E-state index contributed by atoms with van der Waals surface area (Å²) in [4.78, 5) is 8.22. The number of anilines is 2. The summed E-state index contributed by atoms with van der Waals surface area (Å²) in [7, 11) is 0. The first-order valence-electron chi connectivity index (χ1n) is 6.42. The van der Waals surface area contributed by atoms with E-state index in [1.54, 1.807) is 6.07 Å². The van der Waals surface area contributed by atoms with Crippen LogP contribution in [0.3, 0.4) is 0 Å². The Labute approximate surface area is 118 Å². The van der Waals surface area contributed by atoms with E-state index in [1.807, 2.05) is 6.07 Å². The Kier molecular flexibility index (Phi) is 4.51. The van der Waals surface area contributed by atoms with Crippen LogP contribution in [0.2, 0.25) is 0 Å². The minimum absolute atomic E-state index is 0.230. The van der Waals surface area contributed by atoms with E-state index in [-0.39, 0.29) is 6.54 Å². The molecule has 1 aromatic heterocycles. The Hall–Kier alpha value is -2.61. The van der Waals surface area contributed by atoms with Crippen molar-refractivity contribution >= 4 is 11.6 Å². The van der Waals surface area contributed by atoms with Gasteiger partial charge < -0.3 is 10.6 Å². The number of rotatable bonds is 5. The first-order valence-corrected chi connectivity index (χ1v) is 6.42. The Morgan fingerprint density at radius 2 is 1.85 bits per heavy atom. The molecule has 0 fully saturated rings. The summed E-state index contributed by atoms with van der Waals surface area (Å²) in [5, 5.41) is 14.7. The van der Waals surface area contributed by atoms with Crippen LogP contribution in [0.1, 0.15) is 16.7 Å². The van der Waals surface area contributed by atoms with Gasteiger partial charge in [-0.3, -0.25) is 0 Å². The lowest BCUT2D eigenvalue weighted by Gasteiger charge is -2.10. The molecule has 0 aliphatic heterocycles. The first-order chi connectivity index (χ1) is 9.69. The third-order valence-electron chi connectivity index (χ3n) is 2.98. The van der Waals surface area contributed by atoms with Crippen molar-refractivity contribution < 1.29 is 0 Å².